The van der Waals surface area contributed by atoms with Crippen LogP contribution >= 0.6 is 0 Å². The van der Waals surface area contributed by atoms with Gasteiger partial charge in [-0.3, -0.25) is 9.80 Å². The van der Waals surface area contributed by atoms with Crippen molar-refractivity contribution in [2.75, 3.05) is 45.8 Å². The normalized spacial score (nSPS) is 18.7. The van der Waals surface area contributed by atoms with Crippen molar-refractivity contribution >= 4 is 0 Å². The van der Waals surface area contributed by atoms with Gasteiger partial charge in [0.15, 0.2) is 0 Å². The molecule has 0 bridgehead atoms. The Balaban J connectivity index is 1.70. The topological polar surface area (TPSA) is 50.3 Å². The van der Waals surface area contributed by atoms with Crippen LogP contribution in [-0.2, 0) is 6.54 Å². The van der Waals surface area contributed by atoms with Crippen LogP contribution in [0.25, 0.3) is 0 Å². The number of hydrogen-bond donors (Lipinski definition) is 1. The molecule has 0 unspecified atom stereocenters. The van der Waals surface area contributed by atoms with E-state index in [1.165, 1.54) is 0 Å². The van der Waals surface area contributed by atoms with Crippen molar-refractivity contribution in [1.82, 2.24) is 19.4 Å². The summed E-state index contributed by atoms with van der Waals surface area (Å²) in [7, 11) is 0. The van der Waals surface area contributed by atoms with E-state index in [4.69, 9.17) is 5.73 Å². The third-order valence-electron chi connectivity index (χ3n) is 3.49. The molecule has 1 aromatic heterocycles. The minimum atomic E-state index is 0.772. The Morgan fingerprint density at radius 2 is 1.76 bits per heavy atom. The number of aryl methyl sites for hydroxylation is 1. The van der Waals surface area contributed by atoms with Gasteiger partial charge in [0.1, 0.15) is 5.82 Å². The van der Waals surface area contributed by atoms with E-state index in [-0.39, 0.29) is 0 Å². The smallest absolute Gasteiger partial charge is 0.105 e. The molecule has 1 fully saturated rings. The van der Waals surface area contributed by atoms with E-state index in [1.807, 2.05) is 6.20 Å². The Morgan fingerprint density at radius 1 is 1.12 bits per heavy atom. The lowest BCUT2D eigenvalue weighted by Gasteiger charge is -2.34. The largest absolute Gasteiger partial charge is 0.334 e. The maximum absolute atomic E-state index is 5.57. The molecule has 0 saturated carbocycles. The number of aromatic nitrogens is 2. The summed E-state index contributed by atoms with van der Waals surface area (Å²) in [6, 6.07) is 0. The SMILES string of the molecule is Cc1nccn1CCN1CCN(CCN)CC1. The first-order valence-corrected chi connectivity index (χ1v) is 6.42. The molecule has 0 atom stereocenters. The standard InChI is InChI=1S/C12H23N5/c1-12-14-3-5-17(12)11-10-16-8-6-15(4-2-13)7-9-16/h3,5H,2,4,6-11,13H2,1H3. The van der Waals surface area contributed by atoms with Crippen LogP contribution < -0.4 is 5.73 Å². The molecule has 0 radical (unpaired) electrons. The van der Waals surface area contributed by atoms with E-state index in [1.54, 1.807) is 0 Å². The zero-order chi connectivity index (χ0) is 12.1. The van der Waals surface area contributed by atoms with E-state index in [2.05, 4.69) is 32.5 Å². The Hall–Kier alpha value is -0.910. The van der Waals surface area contributed by atoms with Crippen molar-refractivity contribution < 1.29 is 0 Å². The van der Waals surface area contributed by atoms with Gasteiger partial charge in [0.05, 0.1) is 0 Å². The van der Waals surface area contributed by atoms with Gasteiger partial charge in [-0.1, -0.05) is 0 Å². The zero-order valence-corrected chi connectivity index (χ0v) is 10.7. The zero-order valence-electron chi connectivity index (χ0n) is 10.7. The number of nitrogens with two attached hydrogens (primary N) is 1. The molecule has 96 valence electrons. The Kier molecular flexibility index (Phi) is 4.53. The maximum atomic E-state index is 5.57. The lowest BCUT2D eigenvalue weighted by Crippen LogP contribution is -2.48. The van der Waals surface area contributed by atoms with Crippen LogP contribution in [0.3, 0.4) is 0 Å². The molecule has 2 rings (SSSR count). The van der Waals surface area contributed by atoms with Gasteiger partial charge in [0, 0.05) is 64.8 Å². The molecule has 1 saturated heterocycles. The lowest BCUT2D eigenvalue weighted by atomic mass is 10.3. The first kappa shape index (κ1) is 12.5. The minimum absolute atomic E-state index is 0.772. The van der Waals surface area contributed by atoms with Crippen LogP contribution in [0.15, 0.2) is 12.4 Å². The highest BCUT2D eigenvalue weighted by molar-refractivity contribution is 4.88. The van der Waals surface area contributed by atoms with E-state index >= 15 is 0 Å². The summed E-state index contributed by atoms with van der Waals surface area (Å²) in [4.78, 5) is 9.20. The third kappa shape index (κ3) is 3.52. The van der Waals surface area contributed by atoms with Crippen LogP contribution in [0, 0.1) is 6.92 Å². The molecule has 0 amide bonds. The lowest BCUT2D eigenvalue weighted by molar-refractivity contribution is 0.131. The first-order valence-electron chi connectivity index (χ1n) is 6.42. The summed E-state index contributed by atoms with van der Waals surface area (Å²) in [5.41, 5.74) is 5.57. The van der Waals surface area contributed by atoms with Gasteiger partial charge in [-0.25, -0.2) is 4.98 Å². The molecule has 0 aromatic carbocycles. The van der Waals surface area contributed by atoms with E-state index in [9.17, 15) is 0 Å². The van der Waals surface area contributed by atoms with Crippen LogP contribution in [0.5, 0.6) is 0 Å². The maximum Gasteiger partial charge on any atom is 0.105 e. The average Bonchev–Trinajstić information content (AvgIpc) is 2.75. The van der Waals surface area contributed by atoms with Gasteiger partial charge >= 0.3 is 0 Å². The quantitative estimate of drug-likeness (QED) is 0.768. The molecule has 0 aliphatic carbocycles. The Bertz CT molecular complexity index is 327. The van der Waals surface area contributed by atoms with Gasteiger partial charge in [-0.15, -0.1) is 0 Å². The summed E-state index contributed by atoms with van der Waals surface area (Å²) in [5.74, 6) is 1.10. The highest BCUT2D eigenvalue weighted by Gasteiger charge is 2.15. The van der Waals surface area contributed by atoms with E-state index < -0.39 is 0 Å². The van der Waals surface area contributed by atoms with Gasteiger partial charge in [0.2, 0.25) is 0 Å². The summed E-state index contributed by atoms with van der Waals surface area (Å²) in [6.45, 7) is 10.7. The number of imidazole rings is 1. The van der Waals surface area contributed by atoms with Crippen molar-refractivity contribution in [1.29, 1.82) is 0 Å². The molecule has 1 aromatic rings. The second-order valence-electron chi connectivity index (χ2n) is 4.64. The number of nitrogens with zero attached hydrogens (tertiary/aromatic N) is 4. The second kappa shape index (κ2) is 6.14. The fraction of sp³-hybridized carbons (Fsp3) is 0.750. The summed E-state index contributed by atoms with van der Waals surface area (Å²) in [6.07, 6.45) is 3.93. The van der Waals surface area contributed by atoms with Crippen LogP contribution in [0.1, 0.15) is 5.82 Å². The van der Waals surface area contributed by atoms with Crippen molar-refractivity contribution in [2.45, 2.75) is 13.5 Å². The first-order chi connectivity index (χ1) is 8.29. The van der Waals surface area contributed by atoms with Crippen molar-refractivity contribution in [2.24, 2.45) is 5.73 Å². The average molecular weight is 237 g/mol. The van der Waals surface area contributed by atoms with Crippen molar-refractivity contribution in [3.05, 3.63) is 18.2 Å². The predicted octanol–water partition coefficient (Wildman–Crippen LogP) is -0.232. The molecule has 2 N–H and O–H groups in total. The molecule has 17 heavy (non-hydrogen) atoms. The van der Waals surface area contributed by atoms with Gasteiger partial charge in [-0.2, -0.15) is 0 Å². The fourth-order valence-corrected chi connectivity index (χ4v) is 2.31. The predicted molar refractivity (Wildman–Crippen MR) is 68.9 cm³/mol. The molecular formula is C12H23N5. The van der Waals surface area contributed by atoms with E-state index in [0.29, 0.717) is 0 Å². The van der Waals surface area contributed by atoms with Gasteiger partial charge in [0.25, 0.3) is 0 Å². The Labute approximate surface area is 103 Å². The molecule has 5 nitrogen and oxygen atoms in total. The van der Waals surface area contributed by atoms with Crippen LogP contribution in [0.4, 0.5) is 0 Å². The molecule has 2 heterocycles. The highest BCUT2D eigenvalue weighted by Crippen LogP contribution is 2.02. The third-order valence-corrected chi connectivity index (χ3v) is 3.49. The molecule has 1 aliphatic heterocycles. The van der Waals surface area contributed by atoms with Gasteiger partial charge < -0.3 is 10.3 Å². The Morgan fingerprint density at radius 3 is 2.29 bits per heavy atom. The molecule has 1 aliphatic rings. The van der Waals surface area contributed by atoms with Crippen LogP contribution in [0.2, 0.25) is 0 Å². The second-order valence-corrected chi connectivity index (χ2v) is 4.64. The number of piperazine rings is 1. The summed E-state index contributed by atoms with van der Waals surface area (Å²) in [5, 5.41) is 0. The number of rotatable bonds is 5. The van der Waals surface area contributed by atoms with Gasteiger partial charge in [-0.05, 0) is 6.92 Å². The molecule has 5 heteroatoms. The minimum Gasteiger partial charge on any atom is -0.334 e. The molecular weight excluding hydrogens is 214 g/mol. The van der Waals surface area contributed by atoms with Crippen molar-refractivity contribution in [3.63, 3.8) is 0 Å². The summed E-state index contributed by atoms with van der Waals surface area (Å²) >= 11 is 0. The van der Waals surface area contributed by atoms with Crippen molar-refractivity contribution in [3.8, 4) is 0 Å². The van der Waals surface area contributed by atoms with E-state index in [0.717, 1.165) is 58.2 Å². The monoisotopic (exact) mass is 237 g/mol. The fourth-order valence-electron chi connectivity index (χ4n) is 2.31. The highest BCUT2D eigenvalue weighted by atomic mass is 15.3. The molecule has 0 spiro atoms. The van der Waals surface area contributed by atoms with Crippen LogP contribution in [-0.4, -0.2) is 65.2 Å². The summed E-state index contributed by atoms with van der Waals surface area (Å²) < 4.78 is 2.21. The number of hydrogen-bond acceptors (Lipinski definition) is 4.